The van der Waals surface area contributed by atoms with Crippen LogP contribution in [0.3, 0.4) is 0 Å². The molecule has 0 spiro atoms. The largest absolute Gasteiger partial charge is 0.349 e. The summed E-state index contributed by atoms with van der Waals surface area (Å²) in [4.78, 5) is 12.1. The minimum atomic E-state index is -0.0480. The van der Waals surface area contributed by atoms with E-state index in [4.69, 9.17) is 11.6 Å². The number of hydrogen-bond donors (Lipinski definition) is 2. The molecule has 18 heavy (non-hydrogen) atoms. The molecule has 1 fully saturated rings. The summed E-state index contributed by atoms with van der Waals surface area (Å²) in [5.41, 5.74) is 0.969. The standard InChI is InChI=1S/C14H19ClN2O/c1-10(12-6-2-3-7-13(12)15)17-14(18)11-5-4-8-16-9-11/h2-3,6-7,10-11,16H,4-5,8-9H2,1H3,(H,17,18)/t10?,11-/m0/s1. The molecule has 4 heteroatoms. The Labute approximate surface area is 113 Å². The molecule has 2 atom stereocenters. The van der Waals surface area contributed by atoms with Crippen LogP contribution in [0.15, 0.2) is 24.3 Å². The van der Waals surface area contributed by atoms with Crippen molar-refractivity contribution in [2.45, 2.75) is 25.8 Å². The first-order valence-corrected chi connectivity index (χ1v) is 6.82. The summed E-state index contributed by atoms with van der Waals surface area (Å²) < 4.78 is 0. The molecule has 1 aromatic rings. The molecule has 0 bridgehead atoms. The van der Waals surface area contributed by atoms with Crippen molar-refractivity contribution in [3.63, 3.8) is 0 Å². The maximum Gasteiger partial charge on any atom is 0.224 e. The van der Waals surface area contributed by atoms with Gasteiger partial charge >= 0.3 is 0 Å². The Balaban J connectivity index is 1.96. The van der Waals surface area contributed by atoms with Crippen LogP contribution in [0.1, 0.15) is 31.4 Å². The summed E-state index contributed by atoms with van der Waals surface area (Å²) in [5, 5.41) is 7.00. The second-order valence-corrected chi connectivity index (χ2v) is 5.20. The lowest BCUT2D eigenvalue weighted by atomic mass is 9.98. The van der Waals surface area contributed by atoms with E-state index in [0.717, 1.165) is 31.5 Å². The molecule has 1 aliphatic rings. The Hall–Kier alpha value is -1.06. The number of hydrogen-bond acceptors (Lipinski definition) is 2. The van der Waals surface area contributed by atoms with E-state index in [1.54, 1.807) is 0 Å². The third-order valence-corrected chi connectivity index (χ3v) is 3.74. The van der Waals surface area contributed by atoms with Gasteiger partial charge in [0.05, 0.1) is 12.0 Å². The predicted octanol–water partition coefficient (Wildman–Crippen LogP) is 2.52. The normalized spacial score (nSPS) is 21.3. The summed E-state index contributed by atoms with van der Waals surface area (Å²) in [6.07, 6.45) is 2.03. The van der Waals surface area contributed by atoms with Crippen LogP contribution in [0.5, 0.6) is 0 Å². The summed E-state index contributed by atoms with van der Waals surface area (Å²) in [7, 11) is 0. The van der Waals surface area contributed by atoms with Crippen LogP contribution in [-0.2, 0) is 4.79 Å². The topological polar surface area (TPSA) is 41.1 Å². The number of amides is 1. The van der Waals surface area contributed by atoms with E-state index >= 15 is 0 Å². The van der Waals surface area contributed by atoms with Gasteiger partial charge in [-0.1, -0.05) is 29.8 Å². The summed E-state index contributed by atoms with van der Waals surface area (Å²) in [6, 6.07) is 7.58. The minimum Gasteiger partial charge on any atom is -0.349 e. The molecular formula is C14H19ClN2O. The number of carbonyl (C=O) groups excluding carboxylic acids is 1. The molecule has 3 nitrogen and oxygen atoms in total. The lowest BCUT2D eigenvalue weighted by Crippen LogP contribution is -2.41. The Kier molecular flexibility index (Phi) is 4.61. The van der Waals surface area contributed by atoms with E-state index < -0.39 is 0 Å². The second-order valence-electron chi connectivity index (χ2n) is 4.80. The van der Waals surface area contributed by atoms with Crippen molar-refractivity contribution in [1.29, 1.82) is 0 Å². The first kappa shape index (κ1) is 13.4. The van der Waals surface area contributed by atoms with Crippen LogP contribution in [0.25, 0.3) is 0 Å². The molecule has 1 heterocycles. The molecule has 1 amide bonds. The maximum absolute atomic E-state index is 12.1. The molecule has 0 saturated carbocycles. The van der Waals surface area contributed by atoms with Gasteiger partial charge in [0.1, 0.15) is 0 Å². The molecule has 2 N–H and O–H groups in total. The van der Waals surface area contributed by atoms with Gasteiger partial charge in [0.15, 0.2) is 0 Å². The van der Waals surface area contributed by atoms with Crippen molar-refractivity contribution >= 4 is 17.5 Å². The Morgan fingerprint density at radius 1 is 1.50 bits per heavy atom. The number of carbonyl (C=O) groups is 1. The smallest absolute Gasteiger partial charge is 0.224 e. The monoisotopic (exact) mass is 266 g/mol. The third kappa shape index (κ3) is 3.24. The van der Waals surface area contributed by atoms with Gasteiger partial charge in [-0.2, -0.15) is 0 Å². The van der Waals surface area contributed by atoms with Crippen LogP contribution in [0, 0.1) is 5.92 Å². The molecule has 2 rings (SSSR count). The van der Waals surface area contributed by atoms with E-state index in [1.807, 2.05) is 31.2 Å². The first-order chi connectivity index (χ1) is 8.68. The molecule has 1 aliphatic heterocycles. The lowest BCUT2D eigenvalue weighted by molar-refractivity contribution is -0.126. The zero-order valence-electron chi connectivity index (χ0n) is 10.6. The molecule has 0 aromatic heterocycles. The highest BCUT2D eigenvalue weighted by molar-refractivity contribution is 6.31. The van der Waals surface area contributed by atoms with Gasteiger partial charge in [0.25, 0.3) is 0 Å². The van der Waals surface area contributed by atoms with Gasteiger partial charge in [-0.25, -0.2) is 0 Å². The summed E-state index contributed by atoms with van der Waals surface area (Å²) in [6.45, 7) is 3.76. The van der Waals surface area contributed by atoms with E-state index in [9.17, 15) is 4.79 Å². The molecule has 1 aromatic carbocycles. The van der Waals surface area contributed by atoms with Gasteiger partial charge in [0.2, 0.25) is 5.91 Å². The van der Waals surface area contributed by atoms with Crippen LogP contribution < -0.4 is 10.6 Å². The third-order valence-electron chi connectivity index (χ3n) is 3.40. The fourth-order valence-corrected chi connectivity index (χ4v) is 2.61. The first-order valence-electron chi connectivity index (χ1n) is 6.44. The van der Waals surface area contributed by atoms with Crippen LogP contribution in [-0.4, -0.2) is 19.0 Å². The molecule has 1 unspecified atom stereocenters. The van der Waals surface area contributed by atoms with Crippen LogP contribution in [0.2, 0.25) is 5.02 Å². The fraction of sp³-hybridized carbons (Fsp3) is 0.500. The van der Waals surface area contributed by atoms with Crippen LogP contribution >= 0.6 is 11.6 Å². The highest BCUT2D eigenvalue weighted by Crippen LogP contribution is 2.22. The van der Waals surface area contributed by atoms with Crippen molar-refractivity contribution in [3.8, 4) is 0 Å². The van der Waals surface area contributed by atoms with Crippen LogP contribution in [0.4, 0.5) is 0 Å². The Bertz CT molecular complexity index is 416. The SMILES string of the molecule is CC(NC(=O)[C@H]1CCCNC1)c1ccccc1Cl. The molecule has 1 saturated heterocycles. The number of piperidine rings is 1. The molecule has 0 aliphatic carbocycles. The van der Waals surface area contributed by atoms with Gasteiger partial charge in [0, 0.05) is 11.6 Å². The number of nitrogens with one attached hydrogen (secondary N) is 2. The summed E-state index contributed by atoms with van der Waals surface area (Å²) in [5.74, 6) is 0.207. The zero-order chi connectivity index (χ0) is 13.0. The lowest BCUT2D eigenvalue weighted by Gasteiger charge is -2.24. The molecule has 98 valence electrons. The van der Waals surface area contributed by atoms with E-state index in [1.165, 1.54) is 0 Å². The predicted molar refractivity (Wildman–Crippen MR) is 73.6 cm³/mol. The highest BCUT2D eigenvalue weighted by Gasteiger charge is 2.22. The Morgan fingerprint density at radius 3 is 2.94 bits per heavy atom. The highest BCUT2D eigenvalue weighted by atomic mass is 35.5. The maximum atomic E-state index is 12.1. The van der Waals surface area contributed by atoms with Gasteiger partial charge in [-0.05, 0) is 37.9 Å². The van der Waals surface area contributed by atoms with E-state index in [2.05, 4.69) is 10.6 Å². The second kappa shape index (κ2) is 6.21. The van der Waals surface area contributed by atoms with Crippen molar-refractivity contribution in [2.75, 3.05) is 13.1 Å². The van der Waals surface area contributed by atoms with E-state index in [-0.39, 0.29) is 17.9 Å². The van der Waals surface area contributed by atoms with E-state index in [0.29, 0.717) is 5.02 Å². The van der Waals surface area contributed by atoms with Gasteiger partial charge in [-0.15, -0.1) is 0 Å². The van der Waals surface area contributed by atoms with Gasteiger partial charge in [-0.3, -0.25) is 4.79 Å². The average Bonchev–Trinajstić information content (AvgIpc) is 2.40. The summed E-state index contributed by atoms with van der Waals surface area (Å²) >= 11 is 6.12. The molecule has 0 radical (unpaired) electrons. The number of halogens is 1. The van der Waals surface area contributed by atoms with Crippen molar-refractivity contribution < 1.29 is 4.79 Å². The quantitative estimate of drug-likeness (QED) is 0.883. The van der Waals surface area contributed by atoms with Crippen molar-refractivity contribution in [1.82, 2.24) is 10.6 Å². The zero-order valence-corrected chi connectivity index (χ0v) is 11.3. The van der Waals surface area contributed by atoms with Crippen molar-refractivity contribution in [3.05, 3.63) is 34.9 Å². The van der Waals surface area contributed by atoms with Crippen molar-refractivity contribution in [2.24, 2.45) is 5.92 Å². The minimum absolute atomic E-state index is 0.0480. The number of benzene rings is 1. The number of rotatable bonds is 3. The molecular weight excluding hydrogens is 248 g/mol. The Morgan fingerprint density at radius 2 is 2.28 bits per heavy atom. The van der Waals surface area contributed by atoms with Gasteiger partial charge < -0.3 is 10.6 Å². The average molecular weight is 267 g/mol. The fourth-order valence-electron chi connectivity index (χ4n) is 2.31.